The molecule has 192 valence electrons. The second kappa shape index (κ2) is 7.54. The molecule has 1 aromatic heterocycles. The highest BCUT2D eigenvalue weighted by atomic mass is 16.5. The van der Waals surface area contributed by atoms with Crippen LogP contribution in [-0.4, -0.2) is 41.7 Å². The van der Waals surface area contributed by atoms with Gasteiger partial charge in [0.25, 0.3) is 0 Å². The van der Waals surface area contributed by atoms with E-state index < -0.39 is 0 Å². The number of nitrogens with zero attached hydrogens (tertiary/aromatic N) is 1. The number of benzene rings is 3. The first-order valence-corrected chi connectivity index (χ1v) is 13.9. The van der Waals surface area contributed by atoms with Gasteiger partial charge in [0, 0.05) is 45.0 Å². The number of allylic oxidation sites excluding steroid dienone is 2. The number of hydrogen-bond donors (Lipinski definition) is 2. The van der Waals surface area contributed by atoms with Gasteiger partial charge in [-0.2, -0.15) is 0 Å². The van der Waals surface area contributed by atoms with Gasteiger partial charge in [-0.1, -0.05) is 60.2 Å². The van der Waals surface area contributed by atoms with E-state index in [1.54, 1.807) is 7.11 Å². The maximum Gasteiger partial charge on any atom is 0.161 e. The van der Waals surface area contributed by atoms with E-state index in [1.165, 1.54) is 44.4 Å². The number of aromatic nitrogens is 1. The van der Waals surface area contributed by atoms with Gasteiger partial charge in [-0.15, -0.1) is 0 Å². The summed E-state index contributed by atoms with van der Waals surface area (Å²) in [7, 11) is 3.99. The van der Waals surface area contributed by atoms with Gasteiger partial charge < -0.3 is 19.7 Å². The van der Waals surface area contributed by atoms with Crippen molar-refractivity contribution in [1.82, 2.24) is 9.88 Å². The number of likely N-dealkylation sites (tertiary alicyclic amines) is 1. The standard InChI is InChI=1S/C34H34N2O2/c1-20(21-9-5-4-6-10-21)24-18-33-19-25-23-11-7-8-12-26(23)35-31(25)30(24)34(33)15-16-36(2)28(33)17-22-13-14-27(38-3)32(37)29(22)34/h4-14,28,30,35,37H,15-19H2,1-3H3/b24-20+/t28-,30-,33+,34+/m1/s1. The third-order valence-corrected chi connectivity index (χ3v) is 10.9. The lowest BCUT2D eigenvalue weighted by Gasteiger charge is -2.64. The Morgan fingerprint density at radius 2 is 1.82 bits per heavy atom. The summed E-state index contributed by atoms with van der Waals surface area (Å²) >= 11 is 0. The number of hydrogen-bond acceptors (Lipinski definition) is 3. The highest BCUT2D eigenvalue weighted by molar-refractivity contribution is 5.87. The van der Waals surface area contributed by atoms with Gasteiger partial charge in [-0.05, 0) is 80.6 Å². The van der Waals surface area contributed by atoms with Gasteiger partial charge in [0.2, 0.25) is 0 Å². The average Bonchev–Trinajstić information content (AvgIpc) is 3.41. The average molecular weight is 503 g/mol. The fourth-order valence-electron chi connectivity index (χ4n) is 9.40. The molecule has 0 unspecified atom stereocenters. The predicted octanol–water partition coefficient (Wildman–Crippen LogP) is 6.58. The molecule has 4 bridgehead atoms. The fourth-order valence-corrected chi connectivity index (χ4v) is 9.40. The van der Waals surface area contributed by atoms with Crippen LogP contribution < -0.4 is 4.74 Å². The number of nitrogens with one attached hydrogen (secondary N) is 1. The smallest absolute Gasteiger partial charge is 0.161 e. The molecule has 2 N–H and O–H groups in total. The van der Waals surface area contributed by atoms with E-state index >= 15 is 0 Å². The number of phenols is 1. The van der Waals surface area contributed by atoms with Crippen molar-refractivity contribution in [3.8, 4) is 11.5 Å². The van der Waals surface area contributed by atoms with Crippen LogP contribution in [-0.2, 0) is 18.3 Å². The SMILES string of the molecule is COc1ccc2c(c1O)[C@]13CCN(C)[C@H](C2)[C@@]12C/C(=C(/C)c1ccccc1)[C@@H]3c1[nH]c3ccccc3c1C2. The fraction of sp³-hybridized carbons (Fsp3) is 0.353. The number of methoxy groups -OCH3 is 1. The number of aromatic amines is 1. The molecule has 1 aliphatic heterocycles. The van der Waals surface area contributed by atoms with Crippen LogP contribution in [0.2, 0.25) is 0 Å². The quantitative estimate of drug-likeness (QED) is 0.325. The highest BCUT2D eigenvalue weighted by Gasteiger charge is 2.73. The van der Waals surface area contributed by atoms with Crippen molar-refractivity contribution in [2.75, 3.05) is 20.7 Å². The molecule has 3 aliphatic carbocycles. The molecule has 38 heavy (non-hydrogen) atoms. The Labute approximate surface area is 224 Å². The molecule has 0 radical (unpaired) electrons. The summed E-state index contributed by atoms with van der Waals surface area (Å²) in [5.74, 6) is 1.14. The van der Waals surface area contributed by atoms with Crippen molar-refractivity contribution in [2.45, 2.75) is 50.0 Å². The number of phenolic OH excluding ortho intramolecular Hbond substituents is 1. The van der Waals surface area contributed by atoms with Crippen molar-refractivity contribution in [3.63, 3.8) is 0 Å². The molecule has 4 aromatic rings. The summed E-state index contributed by atoms with van der Waals surface area (Å²) in [4.78, 5) is 6.56. The topological polar surface area (TPSA) is 48.5 Å². The zero-order chi connectivity index (χ0) is 25.8. The number of likely N-dealkylation sites (N-methyl/N-ethyl adjacent to an activating group) is 1. The number of H-pyrrole nitrogens is 1. The Hall–Kier alpha value is -3.50. The number of para-hydroxylation sites is 1. The number of piperidine rings is 1. The van der Waals surface area contributed by atoms with Crippen LogP contribution >= 0.6 is 0 Å². The molecule has 4 atom stereocenters. The number of rotatable bonds is 2. The van der Waals surface area contributed by atoms with E-state index in [1.807, 2.05) is 6.07 Å². The van der Waals surface area contributed by atoms with Gasteiger partial charge in [0.05, 0.1) is 7.11 Å². The van der Waals surface area contributed by atoms with E-state index in [2.05, 4.69) is 84.5 Å². The molecule has 4 nitrogen and oxygen atoms in total. The van der Waals surface area contributed by atoms with Crippen LogP contribution in [0.15, 0.2) is 72.3 Å². The van der Waals surface area contributed by atoms with Crippen molar-refractivity contribution in [1.29, 1.82) is 0 Å². The number of aromatic hydroxyl groups is 1. The highest BCUT2D eigenvalue weighted by Crippen LogP contribution is 2.76. The van der Waals surface area contributed by atoms with Gasteiger partial charge in [-0.3, -0.25) is 0 Å². The van der Waals surface area contributed by atoms with E-state index in [0.717, 1.165) is 37.8 Å². The molecule has 2 fully saturated rings. The Morgan fingerprint density at radius 1 is 1.03 bits per heavy atom. The maximum absolute atomic E-state index is 11.9. The minimum atomic E-state index is -0.185. The zero-order valence-electron chi connectivity index (χ0n) is 22.3. The molecule has 4 aliphatic rings. The molecule has 4 heteroatoms. The van der Waals surface area contributed by atoms with Crippen LogP contribution in [0.5, 0.6) is 11.5 Å². The number of ether oxygens (including phenoxy) is 1. The summed E-state index contributed by atoms with van der Waals surface area (Å²) in [5.41, 5.74) is 10.6. The second-order valence-electron chi connectivity index (χ2n) is 12.1. The first-order chi connectivity index (χ1) is 18.5. The minimum absolute atomic E-state index is 0.00481. The Balaban J connectivity index is 1.52. The zero-order valence-corrected chi connectivity index (χ0v) is 22.3. The van der Waals surface area contributed by atoms with E-state index in [9.17, 15) is 5.11 Å². The first-order valence-electron chi connectivity index (χ1n) is 13.9. The van der Waals surface area contributed by atoms with Crippen molar-refractivity contribution >= 4 is 16.5 Å². The minimum Gasteiger partial charge on any atom is -0.504 e. The van der Waals surface area contributed by atoms with Crippen molar-refractivity contribution in [2.24, 2.45) is 5.41 Å². The molecule has 3 aromatic carbocycles. The van der Waals surface area contributed by atoms with Crippen LogP contribution in [0.25, 0.3) is 16.5 Å². The lowest BCUT2D eigenvalue weighted by Crippen LogP contribution is -2.67. The molecule has 1 saturated heterocycles. The number of fused-ring (bicyclic) bond motifs is 5. The third kappa shape index (κ3) is 2.50. The summed E-state index contributed by atoms with van der Waals surface area (Å²) in [6.07, 6.45) is 4.08. The van der Waals surface area contributed by atoms with Crippen LogP contribution in [0.3, 0.4) is 0 Å². The summed E-state index contributed by atoms with van der Waals surface area (Å²) in [5, 5.41) is 13.2. The van der Waals surface area contributed by atoms with Crippen LogP contribution in [0, 0.1) is 5.41 Å². The summed E-state index contributed by atoms with van der Waals surface area (Å²) in [6, 6.07) is 24.3. The van der Waals surface area contributed by atoms with Gasteiger partial charge in [-0.25, -0.2) is 0 Å². The summed E-state index contributed by atoms with van der Waals surface area (Å²) < 4.78 is 5.72. The molecule has 1 saturated carbocycles. The predicted molar refractivity (Wildman–Crippen MR) is 152 cm³/mol. The van der Waals surface area contributed by atoms with Crippen LogP contribution in [0.4, 0.5) is 0 Å². The lowest BCUT2D eigenvalue weighted by molar-refractivity contribution is -0.0508. The van der Waals surface area contributed by atoms with E-state index in [0.29, 0.717) is 17.5 Å². The van der Waals surface area contributed by atoms with Gasteiger partial charge in [0.15, 0.2) is 11.5 Å². The van der Waals surface area contributed by atoms with E-state index in [4.69, 9.17) is 4.74 Å². The molecule has 0 spiro atoms. The van der Waals surface area contributed by atoms with Crippen LogP contribution in [0.1, 0.15) is 53.6 Å². The molecular formula is C34H34N2O2. The normalized spacial score (nSPS) is 30.5. The Morgan fingerprint density at radius 3 is 2.63 bits per heavy atom. The van der Waals surface area contributed by atoms with Crippen molar-refractivity contribution in [3.05, 3.63) is 100 Å². The third-order valence-electron chi connectivity index (χ3n) is 10.9. The van der Waals surface area contributed by atoms with E-state index in [-0.39, 0.29) is 16.7 Å². The van der Waals surface area contributed by atoms with Crippen molar-refractivity contribution < 1.29 is 9.84 Å². The first kappa shape index (κ1) is 22.5. The molecule has 0 amide bonds. The van der Waals surface area contributed by atoms with Gasteiger partial charge >= 0.3 is 0 Å². The Kier molecular flexibility index (Phi) is 4.46. The monoisotopic (exact) mass is 502 g/mol. The molecule has 8 rings (SSSR count). The summed E-state index contributed by atoms with van der Waals surface area (Å²) in [6.45, 7) is 3.36. The largest absolute Gasteiger partial charge is 0.504 e. The lowest BCUT2D eigenvalue weighted by atomic mass is 9.44. The molecular weight excluding hydrogens is 468 g/mol. The van der Waals surface area contributed by atoms with Gasteiger partial charge in [0.1, 0.15) is 0 Å². The maximum atomic E-state index is 11.9. The second-order valence-corrected chi connectivity index (χ2v) is 12.1. The Bertz CT molecular complexity index is 1650. The molecule has 2 heterocycles.